The van der Waals surface area contributed by atoms with Crippen molar-refractivity contribution < 1.29 is 28.9 Å². The molecule has 0 aromatic carbocycles. The first-order valence-electron chi connectivity index (χ1n) is 5.82. The van der Waals surface area contributed by atoms with Crippen LogP contribution >= 0.6 is 0 Å². The number of rotatable bonds is 4. The Hall–Kier alpha value is -2.44. The molecule has 0 fully saturated rings. The van der Waals surface area contributed by atoms with Crippen molar-refractivity contribution in [3.8, 4) is 0 Å². The number of hydrogen-bond donors (Lipinski definition) is 5. The van der Waals surface area contributed by atoms with E-state index in [-0.39, 0.29) is 4.57 Å². The van der Waals surface area contributed by atoms with Gasteiger partial charge in [-0.05, 0) is 0 Å². The predicted octanol–water partition coefficient (Wildman–Crippen LogP) is -2.31. The molecule has 2 atom stereocenters. The van der Waals surface area contributed by atoms with Crippen molar-refractivity contribution in [2.45, 2.75) is 18.1 Å². The predicted molar refractivity (Wildman–Crippen MR) is 67.2 cm³/mol. The number of aliphatic hydroxyl groups is 3. The van der Waals surface area contributed by atoms with E-state index in [0.717, 1.165) is 0 Å². The third-order valence-corrected chi connectivity index (χ3v) is 2.85. The van der Waals surface area contributed by atoms with Crippen molar-refractivity contribution in [3.63, 3.8) is 0 Å². The number of aliphatic hydroxyl groups excluding tert-OH is 3. The van der Waals surface area contributed by atoms with Gasteiger partial charge in [-0.2, -0.15) is 13.8 Å². The van der Waals surface area contributed by atoms with E-state index in [9.17, 15) is 23.5 Å². The van der Waals surface area contributed by atoms with Crippen molar-refractivity contribution in [1.29, 1.82) is 0 Å². The van der Waals surface area contributed by atoms with Crippen LogP contribution in [0.5, 0.6) is 0 Å². The third-order valence-electron chi connectivity index (χ3n) is 2.85. The molecule has 0 aliphatic carbocycles. The Kier molecular flexibility index (Phi) is 3.91. The van der Waals surface area contributed by atoms with Crippen LogP contribution < -0.4 is 11.3 Å². The quantitative estimate of drug-likeness (QED) is 0.419. The summed E-state index contributed by atoms with van der Waals surface area (Å²) in [5.41, 5.74) is 3.49. The van der Waals surface area contributed by atoms with Gasteiger partial charge in [0.15, 0.2) is 17.3 Å². The minimum atomic E-state index is -4.46. The molecule has 120 valence electrons. The zero-order chi connectivity index (χ0) is 16.7. The fourth-order valence-corrected chi connectivity index (χ4v) is 1.70. The summed E-state index contributed by atoms with van der Waals surface area (Å²) in [5, 5.41) is 26.9. The molecule has 2 aromatic heterocycles. The Labute approximate surface area is 119 Å². The minimum Gasteiger partial charge on any atom is -0.394 e. The number of anilines is 1. The number of H-pyrrole nitrogens is 1. The second-order valence-corrected chi connectivity index (χ2v) is 4.36. The van der Waals surface area contributed by atoms with Gasteiger partial charge in [-0.15, -0.1) is 0 Å². The number of aromatic nitrogens is 4. The molecule has 0 aliphatic rings. The van der Waals surface area contributed by atoms with E-state index in [4.69, 9.17) is 15.9 Å². The highest BCUT2D eigenvalue weighted by Crippen LogP contribution is 2.25. The monoisotopic (exact) mass is 319 g/mol. The Balaban J connectivity index is 2.52. The maximum atomic E-state index is 13.9. The van der Waals surface area contributed by atoms with Crippen molar-refractivity contribution in [2.75, 3.05) is 12.3 Å². The third kappa shape index (κ3) is 2.43. The average Bonchev–Trinajstić information content (AvgIpc) is 2.88. The first kappa shape index (κ1) is 15.9. The van der Waals surface area contributed by atoms with Gasteiger partial charge in [-0.25, -0.2) is 9.55 Å². The molecule has 12 heteroatoms. The molecule has 0 aliphatic heterocycles. The maximum Gasteiger partial charge on any atom is 0.353 e. The normalized spacial score (nSPS) is 15.0. The van der Waals surface area contributed by atoms with Gasteiger partial charge < -0.3 is 21.1 Å². The summed E-state index contributed by atoms with van der Waals surface area (Å²) < 4.78 is 28.0. The largest absolute Gasteiger partial charge is 0.394 e. The molecule has 2 rings (SSSR count). The lowest BCUT2D eigenvalue weighted by atomic mass is 10.1. The zero-order valence-electron chi connectivity index (χ0n) is 10.8. The highest BCUT2D eigenvalue weighted by atomic mass is 19.3. The Morgan fingerprint density at radius 3 is 2.73 bits per heavy atom. The van der Waals surface area contributed by atoms with Gasteiger partial charge in [0.25, 0.3) is 5.56 Å². The molecule has 0 saturated carbocycles. The van der Waals surface area contributed by atoms with Crippen molar-refractivity contribution in [3.05, 3.63) is 16.7 Å². The number of halogens is 2. The average molecular weight is 319 g/mol. The van der Waals surface area contributed by atoms with Gasteiger partial charge in [0.05, 0.1) is 6.61 Å². The van der Waals surface area contributed by atoms with E-state index in [1.807, 2.05) is 0 Å². The summed E-state index contributed by atoms with van der Waals surface area (Å²) in [7, 11) is 0. The molecule has 0 unspecified atom stereocenters. The lowest BCUT2D eigenvalue weighted by Crippen LogP contribution is -2.51. The van der Waals surface area contributed by atoms with Crippen LogP contribution in [0.4, 0.5) is 14.7 Å². The fourth-order valence-electron chi connectivity index (χ4n) is 1.70. The van der Waals surface area contributed by atoms with Gasteiger partial charge in [0.1, 0.15) is 12.4 Å². The fraction of sp³-hybridized carbons (Fsp3) is 0.400. The molecule has 2 heterocycles. The van der Waals surface area contributed by atoms with Gasteiger partial charge in [0.2, 0.25) is 5.95 Å². The molecule has 0 amide bonds. The van der Waals surface area contributed by atoms with Crippen LogP contribution in [0.2, 0.25) is 0 Å². The smallest absolute Gasteiger partial charge is 0.353 e. The number of aromatic amines is 1. The zero-order valence-corrected chi connectivity index (χ0v) is 10.8. The lowest BCUT2D eigenvalue weighted by molar-refractivity contribution is -0.136. The summed E-state index contributed by atoms with van der Waals surface area (Å²) in [4.78, 5) is 32.4. The summed E-state index contributed by atoms with van der Waals surface area (Å²) in [6.45, 7) is -1.18. The topological polar surface area (TPSA) is 167 Å². The van der Waals surface area contributed by atoms with Gasteiger partial charge in [0, 0.05) is 0 Å². The van der Waals surface area contributed by atoms with Crippen LogP contribution in [0.1, 0.15) is 4.79 Å². The van der Waals surface area contributed by atoms with Crippen LogP contribution in [-0.4, -0.2) is 65.5 Å². The maximum absolute atomic E-state index is 13.9. The number of imidazole rings is 1. The Bertz CT molecular complexity index is 773. The molecular formula is C10H11F2N5O5. The van der Waals surface area contributed by atoms with E-state index < -0.39 is 53.3 Å². The van der Waals surface area contributed by atoms with Gasteiger partial charge in [-0.1, -0.05) is 0 Å². The molecule has 0 radical (unpaired) electrons. The minimum absolute atomic E-state index is 0.230. The first-order valence-corrected chi connectivity index (χ1v) is 5.82. The van der Waals surface area contributed by atoms with Crippen LogP contribution in [0, 0.1) is 0 Å². The van der Waals surface area contributed by atoms with Crippen LogP contribution in [0.15, 0.2) is 11.1 Å². The number of carbonyl (C=O) groups is 1. The highest BCUT2D eigenvalue weighted by Gasteiger charge is 2.51. The first-order chi connectivity index (χ1) is 10.2. The number of nitrogens with zero attached hydrogens (tertiary/aromatic N) is 3. The molecule has 22 heavy (non-hydrogen) atoms. The molecule has 6 N–H and O–H groups in total. The van der Waals surface area contributed by atoms with Gasteiger partial charge >= 0.3 is 11.8 Å². The second-order valence-electron chi connectivity index (χ2n) is 4.36. The van der Waals surface area contributed by atoms with E-state index in [2.05, 4.69) is 15.0 Å². The van der Waals surface area contributed by atoms with Crippen LogP contribution in [0.25, 0.3) is 11.2 Å². The number of nitrogens with one attached hydrogen (secondary N) is 1. The van der Waals surface area contributed by atoms with E-state index >= 15 is 0 Å². The van der Waals surface area contributed by atoms with Crippen LogP contribution in [0.3, 0.4) is 0 Å². The van der Waals surface area contributed by atoms with Gasteiger partial charge in [-0.3, -0.25) is 14.6 Å². The summed E-state index contributed by atoms with van der Waals surface area (Å²) in [6.07, 6.45) is -4.49. The SMILES string of the molecule is Nc1nc2c(ncn2C(=O)C(F)(F)[C@@H](O)[C@H](O)CO)c(=O)[nH]1. The Morgan fingerprint density at radius 1 is 1.50 bits per heavy atom. The molecule has 0 bridgehead atoms. The number of nitrogens with two attached hydrogens (primary N) is 1. The number of carbonyl (C=O) groups excluding carboxylic acids is 1. The molecule has 0 saturated heterocycles. The molecule has 10 nitrogen and oxygen atoms in total. The highest BCUT2D eigenvalue weighted by molar-refractivity contribution is 5.93. The van der Waals surface area contributed by atoms with E-state index in [0.29, 0.717) is 6.33 Å². The van der Waals surface area contributed by atoms with Crippen molar-refractivity contribution in [2.24, 2.45) is 0 Å². The summed E-state index contributed by atoms with van der Waals surface area (Å²) >= 11 is 0. The number of nitrogen functional groups attached to an aromatic ring is 1. The lowest BCUT2D eigenvalue weighted by Gasteiger charge is -2.24. The molecule has 2 aromatic rings. The van der Waals surface area contributed by atoms with Crippen molar-refractivity contribution in [1.82, 2.24) is 19.5 Å². The molecular weight excluding hydrogens is 308 g/mol. The summed E-state index contributed by atoms with van der Waals surface area (Å²) in [6, 6.07) is 0. The van der Waals surface area contributed by atoms with Crippen molar-refractivity contribution >= 4 is 23.0 Å². The van der Waals surface area contributed by atoms with E-state index in [1.165, 1.54) is 0 Å². The Morgan fingerprint density at radius 2 is 2.14 bits per heavy atom. The second kappa shape index (κ2) is 5.40. The summed E-state index contributed by atoms with van der Waals surface area (Å²) in [5.74, 6) is -6.88. The van der Waals surface area contributed by atoms with E-state index in [1.54, 1.807) is 0 Å². The number of alkyl halides is 2. The number of fused-ring (bicyclic) bond motifs is 1. The standard InChI is InChI=1S/C10H11F2N5O5/c11-10(12,5(20)3(19)1-18)8(22)17-2-14-4-6(17)15-9(13)16-7(4)21/h2-3,5,18-20H,1H2,(H3,13,15,16,21)/t3-,5+/m1/s1. The molecule has 0 spiro atoms. The number of hydrogen-bond acceptors (Lipinski definition) is 8. The van der Waals surface area contributed by atoms with Crippen LogP contribution in [-0.2, 0) is 0 Å².